The van der Waals surface area contributed by atoms with Gasteiger partial charge in [0.25, 0.3) is 11.8 Å². The lowest BCUT2D eigenvalue weighted by Crippen LogP contribution is -2.22. The van der Waals surface area contributed by atoms with Crippen molar-refractivity contribution in [1.29, 1.82) is 0 Å². The van der Waals surface area contributed by atoms with E-state index in [0.29, 0.717) is 71.7 Å². The van der Waals surface area contributed by atoms with Crippen LogP contribution in [0.1, 0.15) is 69.8 Å². The van der Waals surface area contributed by atoms with Gasteiger partial charge in [-0.15, -0.1) is 16.4 Å². The molecule has 2 N–H and O–H groups in total. The number of aromatic amines is 1. The molecule has 3 aliphatic rings. The zero-order valence-electron chi connectivity index (χ0n) is 25.9. The summed E-state index contributed by atoms with van der Waals surface area (Å²) in [6.07, 6.45) is 5.54. The maximum atomic E-state index is 14.2. The Balaban J connectivity index is 1.21. The predicted octanol–water partition coefficient (Wildman–Crippen LogP) is 7.29. The Kier molecular flexibility index (Phi) is 6.94. The molecular formula is C36H27F3N6O3S. The van der Waals surface area contributed by atoms with Crippen molar-refractivity contribution in [2.45, 2.75) is 50.6 Å². The third-order valence-corrected chi connectivity index (χ3v) is 11.0. The highest BCUT2D eigenvalue weighted by Crippen LogP contribution is 2.50. The zero-order chi connectivity index (χ0) is 33.4. The number of benzene rings is 2. The Labute approximate surface area is 280 Å². The van der Waals surface area contributed by atoms with E-state index in [2.05, 4.69) is 20.5 Å². The summed E-state index contributed by atoms with van der Waals surface area (Å²) in [6.45, 7) is 0.620. The average Bonchev–Trinajstić information content (AvgIpc) is 3.93. The summed E-state index contributed by atoms with van der Waals surface area (Å²) in [5, 5.41) is 10.9. The Bertz CT molecular complexity index is 2370. The summed E-state index contributed by atoms with van der Waals surface area (Å²) in [6, 6.07) is 12.2. The van der Waals surface area contributed by atoms with Crippen LogP contribution in [-0.2, 0) is 19.3 Å². The number of amides is 1. The highest BCUT2D eigenvalue weighted by Gasteiger charge is 2.45. The molecule has 2 aromatic carbocycles. The molecule has 2 atom stereocenters. The van der Waals surface area contributed by atoms with Gasteiger partial charge in [-0.1, -0.05) is 12.1 Å². The van der Waals surface area contributed by atoms with Crippen molar-refractivity contribution in [3.05, 3.63) is 116 Å². The smallest absolute Gasteiger partial charge is 0.388 e. The lowest BCUT2D eigenvalue weighted by Gasteiger charge is -2.16. The molecule has 1 fully saturated rings. The Morgan fingerprint density at radius 2 is 1.82 bits per heavy atom. The van der Waals surface area contributed by atoms with E-state index in [1.807, 2.05) is 17.0 Å². The number of carbonyl (C=O) groups excluding carboxylic acids is 1. The van der Waals surface area contributed by atoms with Crippen LogP contribution in [0.5, 0.6) is 0 Å². The van der Waals surface area contributed by atoms with E-state index in [4.69, 9.17) is 9.40 Å². The number of pyridine rings is 2. The topological polar surface area (TPSA) is 117 Å². The normalized spacial score (nSPS) is 17.9. The number of thiophene rings is 1. The first-order valence-corrected chi connectivity index (χ1v) is 17.0. The molecule has 0 saturated carbocycles. The molecule has 6 aromatic rings. The summed E-state index contributed by atoms with van der Waals surface area (Å²) >= 11 is 1.43. The lowest BCUT2D eigenvalue weighted by atomic mass is 9.93. The highest BCUT2D eigenvalue weighted by molar-refractivity contribution is 7.23. The first kappa shape index (κ1) is 29.8. The quantitative estimate of drug-likeness (QED) is 0.182. The Morgan fingerprint density at radius 1 is 0.980 bits per heavy atom. The molecule has 0 radical (unpaired) electrons. The number of carbonyl (C=O) groups is 1. The second-order valence-electron chi connectivity index (χ2n) is 12.7. The SMILES string of the molecule is O=C1c2c(nc(CCc3ccc(F)cc3)c(-c3n[nH]c(=O)o3)c2-c2cc3ccnc(N[C@@H]4CCc5cc(F)c(F)cc54)c3s2)[C@@H]2CCCN12. The van der Waals surface area contributed by atoms with Crippen LogP contribution in [-0.4, -0.2) is 37.5 Å². The summed E-state index contributed by atoms with van der Waals surface area (Å²) in [7, 11) is 0. The van der Waals surface area contributed by atoms with Crippen molar-refractivity contribution >= 4 is 33.1 Å². The third-order valence-electron chi connectivity index (χ3n) is 9.81. The van der Waals surface area contributed by atoms with E-state index in [9.17, 15) is 22.8 Å². The Morgan fingerprint density at radius 3 is 2.63 bits per heavy atom. The number of rotatable bonds is 7. The molecule has 6 heterocycles. The molecule has 9 nitrogen and oxygen atoms in total. The number of nitrogens with one attached hydrogen (secondary N) is 2. The summed E-state index contributed by atoms with van der Waals surface area (Å²) < 4.78 is 48.2. The number of hydrogen-bond donors (Lipinski definition) is 2. The van der Waals surface area contributed by atoms with Crippen LogP contribution in [0.4, 0.5) is 19.0 Å². The standard InChI is InChI=1S/C36H27F3N6O3S/c37-20-7-3-17(4-8-20)5-9-25-28(34-43-44-36(47)48-34)29(30-31(41-25)26-2-1-13-45(26)35(30)46)27-15-19-11-12-40-33(32(19)49-27)42-24-10-6-18-14-22(38)23(39)16-21(18)24/h3-4,7-8,11-12,14-16,24,26H,1-2,5-6,9-10,13H2,(H,40,42)(H,44,47)/t24-,26+/m1/s1. The van der Waals surface area contributed by atoms with Crippen LogP contribution in [0.25, 0.3) is 32.0 Å². The molecule has 1 amide bonds. The fourth-order valence-electron chi connectivity index (χ4n) is 7.56. The second-order valence-corrected chi connectivity index (χ2v) is 13.7. The van der Waals surface area contributed by atoms with E-state index in [1.165, 1.54) is 35.6 Å². The fourth-order valence-corrected chi connectivity index (χ4v) is 8.73. The fraction of sp³-hybridized carbons (Fsp3) is 0.250. The van der Waals surface area contributed by atoms with Crippen LogP contribution in [0, 0.1) is 17.5 Å². The minimum atomic E-state index is -0.887. The first-order valence-electron chi connectivity index (χ1n) is 16.1. The van der Waals surface area contributed by atoms with Gasteiger partial charge in [-0.05, 0) is 97.0 Å². The molecule has 1 saturated heterocycles. The van der Waals surface area contributed by atoms with Gasteiger partial charge in [0.05, 0.1) is 39.3 Å². The number of nitrogens with zero attached hydrogens (tertiary/aromatic N) is 4. The van der Waals surface area contributed by atoms with E-state index in [0.717, 1.165) is 38.9 Å². The van der Waals surface area contributed by atoms with Gasteiger partial charge in [-0.2, -0.15) is 0 Å². The molecule has 2 aliphatic heterocycles. The molecule has 49 heavy (non-hydrogen) atoms. The zero-order valence-corrected chi connectivity index (χ0v) is 26.7. The van der Waals surface area contributed by atoms with Gasteiger partial charge in [-0.25, -0.2) is 28.0 Å². The van der Waals surface area contributed by atoms with Crippen LogP contribution < -0.4 is 11.1 Å². The van der Waals surface area contributed by atoms with E-state index < -0.39 is 17.4 Å². The van der Waals surface area contributed by atoms with Gasteiger partial charge in [0.2, 0.25) is 0 Å². The largest absolute Gasteiger partial charge is 0.434 e. The third kappa shape index (κ3) is 4.94. The molecule has 13 heteroatoms. The highest BCUT2D eigenvalue weighted by atomic mass is 32.1. The first-order chi connectivity index (χ1) is 23.8. The van der Waals surface area contributed by atoms with Crippen molar-refractivity contribution in [3.8, 4) is 21.9 Å². The molecule has 9 rings (SSSR count). The number of hydrogen-bond acceptors (Lipinski definition) is 8. The molecule has 1 aliphatic carbocycles. The predicted molar refractivity (Wildman–Crippen MR) is 177 cm³/mol. The summed E-state index contributed by atoms with van der Waals surface area (Å²) in [5.74, 6) is -2.34. The minimum absolute atomic E-state index is 0.0232. The van der Waals surface area contributed by atoms with Gasteiger partial charge in [-0.3, -0.25) is 9.78 Å². The van der Waals surface area contributed by atoms with Crippen molar-refractivity contribution in [2.75, 3.05) is 11.9 Å². The van der Waals surface area contributed by atoms with Crippen molar-refractivity contribution in [1.82, 2.24) is 25.1 Å². The number of anilines is 1. The molecule has 0 spiro atoms. The molecule has 0 unspecified atom stereocenters. The maximum absolute atomic E-state index is 14.2. The number of aromatic nitrogens is 4. The van der Waals surface area contributed by atoms with E-state index in [1.54, 1.807) is 18.3 Å². The van der Waals surface area contributed by atoms with E-state index in [-0.39, 0.29) is 29.7 Å². The van der Waals surface area contributed by atoms with Crippen LogP contribution in [0.3, 0.4) is 0 Å². The molecular weight excluding hydrogens is 653 g/mol. The average molecular weight is 681 g/mol. The Hall–Kier alpha value is -5.30. The second kappa shape index (κ2) is 11.4. The summed E-state index contributed by atoms with van der Waals surface area (Å²) in [5.41, 5.74) is 5.17. The van der Waals surface area contributed by atoms with Crippen LogP contribution in [0.2, 0.25) is 0 Å². The molecule has 246 valence electrons. The minimum Gasteiger partial charge on any atom is -0.388 e. The van der Waals surface area contributed by atoms with Crippen molar-refractivity contribution in [2.24, 2.45) is 0 Å². The maximum Gasteiger partial charge on any atom is 0.434 e. The molecule has 4 aromatic heterocycles. The number of H-pyrrole nitrogens is 1. The van der Waals surface area contributed by atoms with Crippen LogP contribution >= 0.6 is 11.3 Å². The monoisotopic (exact) mass is 680 g/mol. The van der Waals surface area contributed by atoms with Crippen molar-refractivity contribution in [3.63, 3.8) is 0 Å². The van der Waals surface area contributed by atoms with E-state index >= 15 is 0 Å². The van der Waals surface area contributed by atoms with Gasteiger partial charge >= 0.3 is 5.76 Å². The lowest BCUT2D eigenvalue weighted by molar-refractivity contribution is 0.0776. The number of halogens is 3. The number of aryl methyl sites for hydroxylation is 3. The van der Waals surface area contributed by atoms with Gasteiger partial charge in [0.1, 0.15) is 11.6 Å². The van der Waals surface area contributed by atoms with Gasteiger partial charge in [0.15, 0.2) is 11.6 Å². The van der Waals surface area contributed by atoms with Crippen LogP contribution in [0.15, 0.2) is 63.9 Å². The van der Waals surface area contributed by atoms with Gasteiger partial charge < -0.3 is 14.6 Å². The summed E-state index contributed by atoms with van der Waals surface area (Å²) in [4.78, 5) is 38.7. The van der Waals surface area contributed by atoms with Gasteiger partial charge in [0, 0.05) is 23.2 Å². The molecule has 0 bridgehead atoms. The number of fused-ring (bicyclic) bond motifs is 5. The van der Waals surface area contributed by atoms with Crippen molar-refractivity contribution < 1.29 is 22.4 Å².